The Morgan fingerprint density at radius 1 is 1.20 bits per heavy atom. The molecule has 0 aliphatic rings. The summed E-state index contributed by atoms with van der Waals surface area (Å²) < 4.78 is 39.9. The van der Waals surface area contributed by atoms with Crippen LogP contribution < -0.4 is 10.5 Å². The first-order valence-electron chi connectivity index (χ1n) is 5.69. The molecular formula is C13H12ClFN2O2S. The molecule has 0 amide bonds. The highest BCUT2D eigenvalue weighted by atomic mass is 35.5. The van der Waals surface area contributed by atoms with Crippen LogP contribution >= 0.6 is 11.6 Å². The summed E-state index contributed by atoms with van der Waals surface area (Å²) >= 11 is 5.54. The maximum Gasteiger partial charge on any atom is 0.261 e. The van der Waals surface area contributed by atoms with Crippen LogP contribution in [0.2, 0.25) is 5.02 Å². The summed E-state index contributed by atoms with van der Waals surface area (Å²) in [6.45, 7) is 0.235. The van der Waals surface area contributed by atoms with Gasteiger partial charge < -0.3 is 5.73 Å². The second-order valence-electron chi connectivity index (χ2n) is 4.09. The lowest BCUT2D eigenvalue weighted by Gasteiger charge is -2.09. The van der Waals surface area contributed by atoms with Gasteiger partial charge in [-0.05, 0) is 35.9 Å². The molecular weight excluding hydrogens is 303 g/mol. The van der Waals surface area contributed by atoms with Crippen molar-refractivity contribution in [2.75, 3.05) is 4.72 Å². The quantitative estimate of drug-likeness (QED) is 0.911. The summed E-state index contributed by atoms with van der Waals surface area (Å²) in [6, 6.07) is 9.91. The van der Waals surface area contributed by atoms with Crippen molar-refractivity contribution in [2.45, 2.75) is 11.4 Å². The molecule has 20 heavy (non-hydrogen) atoms. The summed E-state index contributed by atoms with van der Waals surface area (Å²) in [4.78, 5) is 0.0656. The number of hydrogen-bond donors (Lipinski definition) is 2. The Morgan fingerprint density at radius 3 is 2.60 bits per heavy atom. The Hall–Kier alpha value is -1.63. The minimum absolute atomic E-state index is 0.0656. The molecule has 0 heterocycles. The third-order valence-corrected chi connectivity index (χ3v) is 4.30. The van der Waals surface area contributed by atoms with Crippen LogP contribution in [0, 0.1) is 5.82 Å². The Kier molecular flexibility index (Phi) is 4.27. The Bertz CT molecular complexity index is 735. The van der Waals surface area contributed by atoms with E-state index in [9.17, 15) is 12.8 Å². The zero-order valence-corrected chi connectivity index (χ0v) is 11.9. The van der Waals surface area contributed by atoms with Crippen LogP contribution in [0.1, 0.15) is 5.56 Å². The van der Waals surface area contributed by atoms with Crippen molar-refractivity contribution in [3.8, 4) is 0 Å². The third kappa shape index (κ3) is 3.27. The van der Waals surface area contributed by atoms with Gasteiger partial charge >= 0.3 is 0 Å². The number of hydrogen-bond acceptors (Lipinski definition) is 3. The molecule has 106 valence electrons. The number of halogens is 2. The van der Waals surface area contributed by atoms with Gasteiger partial charge in [-0.2, -0.15) is 0 Å². The van der Waals surface area contributed by atoms with E-state index in [1.54, 1.807) is 12.1 Å². The molecule has 0 fully saturated rings. The molecule has 0 radical (unpaired) electrons. The lowest BCUT2D eigenvalue weighted by atomic mass is 10.2. The largest absolute Gasteiger partial charge is 0.326 e. The number of sulfonamides is 1. The highest BCUT2D eigenvalue weighted by Crippen LogP contribution is 2.21. The first kappa shape index (κ1) is 14.8. The van der Waals surface area contributed by atoms with Gasteiger partial charge in [0.1, 0.15) is 5.82 Å². The highest BCUT2D eigenvalue weighted by molar-refractivity contribution is 7.92. The molecule has 0 saturated carbocycles. The van der Waals surface area contributed by atoms with Crippen molar-refractivity contribution in [3.05, 3.63) is 58.9 Å². The molecule has 0 spiro atoms. The van der Waals surface area contributed by atoms with Crippen molar-refractivity contribution in [3.63, 3.8) is 0 Å². The standard InChI is InChI=1S/C13H12ClFN2O2S/c14-12-5-4-10(7-13(12)15)17-20(18,19)11-3-1-2-9(6-11)8-16/h1-7,17H,8,16H2. The fraction of sp³-hybridized carbons (Fsp3) is 0.0769. The van der Waals surface area contributed by atoms with Crippen molar-refractivity contribution in [2.24, 2.45) is 5.73 Å². The van der Waals surface area contributed by atoms with Gasteiger partial charge in [0.15, 0.2) is 0 Å². The van der Waals surface area contributed by atoms with E-state index in [4.69, 9.17) is 17.3 Å². The summed E-state index contributed by atoms with van der Waals surface area (Å²) in [5.41, 5.74) is 6.26. The lowest BCUT2D eigenvalue weighted by Crippen LogP contribution is -2.13. The number of anilines is 1. The zero-order chi connectivity index (χ0) is 14.8. The zero-order valence-electron chi connectivity index (χ0n) is 10.3. The molecule has 2 aromatic carbocycles. The Labute approximate surface area is 121 Å². The molecule has 0 atom stereocenters. The molecule has 3 N–H and O–H groups in total. The highest BCUT2D eigenvalue weighted by Gasteiger charge is 2.15. The predicted octanol–water partition coefficient (Wildman–Crippen LogP) is 2.74. The van der Waals surface area contributed by atoms with E-state index in [2.05, 4.69) is 4.72 Å². The number of rotatable bonds is 4. The second-order valence-corrected chi connectivity index (χ2v) is 6.18. The van der Waals surface area contributed by atoms with E-state index in [1.807, 2.05) is 0 Å². The van der Waals surface area contributed by atoms with E-state index in [0.717, 1.165) is 6.07 Å². The smallest absolute Gasteiger partial charge is 0.261 e. The predicted molar refractivity (Wildman–Crippen MR) is 76.6 cm³/mol. The van der Waals surface area contributed by atoms with Gasteiger partial charge in [-0.1, -0.05) is 23.7 Å². The van der Waals surface area contributed by atoms with E-state index in [1.165, 1.54) is 24.3 Å². The summed E-state index contributed by atoms with van der Waals surface area (Å²) in [6.07, 6.45) is 0. The van der Waals surface area contributed by atoms with Crippen LogP contribution in [0.4, 0.5) is 10.1 Å². The Balaban J connectivity index is 2.32. The summed E-state index contributed by atoms with van der Waals surface area (Å²) in [5.74, 6) is -0.692. The van der Waals surface area contributed by atoms with Crippen LogP contribution in [-0.4, -0.2) is 8.42 Å². The molecule has 0 bridgehead atoms. The van der Waals surface area contributed by atoms with Crippen LogP contribution in [0.5, 0.6) is 0 Å². The number of nitrogens with one attached hydrogen (secondary N) is 1. The molecule has 0 aliphatic carbocycles. The van der Waals surface area contributed by atoms with Crippen LogP contribution in [0.3, 0.4) is 0 Å². The molecule has 2 rings (SSSR count). The molecule has 0 unspecified atom stereocenters. The van der Waals surface area contributed by atoms with E-state index in [0.29, 0.717) is 5.56 Å². The van der Waals surface area contributed by atoms with Gasteiger partial charge in [0.25, 0.3) is 10.0 Å². The molecule has 2 aromatic rings. The van der Waals surface area contributed by atoms with Crippen LogP contribution in [0.25, 0.3) is 0 Å². The lowest BCUT2D eigenvalue weighted by molar-refractivity contribution is 0.601. The molecule has 0 aliphatic heterocycles. The van der Waals surface area contributed by atoms with Crippen LogP contribution in [-0.2, 0) is 16.6 Å². The van der Waals surface area contributed by atoms with Gasteiger partial charge in [-0.25, -0.2) is 12.8 Å². The minimum Gasteiger partial charge on any atom is -0.326 e. The van der Waals surface area contributed by atoms with Crippen LogP contribution in [0.15, 0.2) is 47.4 Å². The molecule has 4 nitrogen and oxygen atoms in total. The fourth-order valence-electron chi connectivity index (χ4n) is 1.61. The average Bonchev–Trinajstić information content (AvgIpc) is 2.43. The maximum absolute atomic E-state index is 13.3. The fourth-order valence-corrected chi connectivity index (χ4v) is 2.85. The van der Waals surface area contributed by atoms with Gasteiger partial charge in [0, 0.05) is 6.54 Å². The number of nitrogens with two attached hydrogens (primary N) is 1. The minimum atomic E-state index is -3.79. The van der Waals surface area contributed by atoms with Crippen molar-refractivity contribution < 1.29 is 12.8 Å². The van der Waals surface area contributed by atoms with Gasteiger partial charge in [-0.3, -0.25) is 4.72 Å². The monoisotopic (exact) mass is 314 g/mol. The van der Waals surface area contributed by atoms with Gasteiger partial charge in [-0.15, -0.1) is 0 Å². The SMILES string of the molecule is NCc1cccc(S(=O)(=O)Nc2ccc(Cl)c(F)c2)c1. The molecule has 0 aromatic heterocycles. The first-order chi connectivity index (χ1) is 9.42. The van der Waals surface area contributed by atoms with E-state index < -0.39 is 15.8 Å². The van der Waals surface area contributed by atoms with Gasteiger partial charge in [0.05, 0.1) is 15.6 Å². The van der Waals surface area contributed by atoms with Crippen molar-refractivity contribution >= 4 is 27.3 Å². The Morgan fingerprint density at radius 2 is 1.95 bits per heavy atom. The van der Waals surface area contributed by atoms with Crippen molar-refractivity contribution in [1.82, 2.24) is 0 Å². The third-order valence-electron chi connectivity index (χ3n) is 2.62. The second kappa shape index (κ2) is 5.78. The maximum atomic E-state index is 13.3. The topological polar surface area (TPSA) is 72.2 Å². The molecule has 7 heteroatoms. The normalized spacial score (nSPS) is 11.3. The van der Waals surface area contributed by atoms with E-state index in [-0.39, 0.29) is 22.2 Å². The van der Waals surface area contributed by atoms with Gasteiger partial charge in [0.2, 0.25) is 0 Å². The first-order valence-corrected chi connectivity index (χ1v) is 7.55. The average molecular weight is 315 g/mol. The van der Waals surface area contributed by atoms with E-state index >= 15 is 0 Å². The number of benzene rings is 2. The molecule has 0 saturated heterocycles. The summed E-state index contributed by atoms with van der Waals surface area (Å²) in [5, 5.41) is -0.0712. The van der Waals surface area contributed by atoms with Crippen molar-refractivity contribution in [1.29, 1.82) is 0 Å². The summed E-state index contributed by atoms with van der Waals surface area (Å²) in [7, 11) is -3.79.